The molecule has 0 radical (unpaired) electrons. The van der Waals surface area contributed by atoms with Gasteiger partial charge in [0.2, 0.25) is 0 Å². The third kappa shape index (κ3) is 2.69. The van der Waals surface area contributed by atoms with Crippen LogP contribution in [0.2, 0.25) is 0 Å². The van der Waals surface area contributed by atoms with Crippen molar-refractivity contribution in [2.45, 2.75) is 24.6 Å². The molecule has 2 aromatic heterocycles. The van der Waals surface area contributed by atoms with Crippen molar-refractivity contribution in [2.75, 3.05) is 5.75 Å². The third-order valence-electron chi connectivity index (χ3n) is 4.75. The Bertz CT molecular complexity index is 1120. The van der Waals surface area contributed by atoms with Crippen LogP contribution in [0.15, 0.2) is 47.7 Å². The first-order chi connectivity index (χ1) is 12.3. The Morgan fingerprint density at radius 2 is 2.04 bits per heavy atom. The fraction of sp³-hybridized carbons (Fsp3) is 0.278. The lowest BCUT2D eigenvalue weighted by molar-refractivity contribution is 0.561. The van der Waals surface area contributed by atoms with E-state index in [1.165, 1.54) is 11.3 Å². The van der Waals surface area contributed by atoms with Gasteiger partial charge in [-0.05, 0) is 37.6 Å². The molecule has 0 spiro atoms. The van der Waals surface area contributed by atoms with E-state index in [2.05, 4.69) is 15.0 Å². The molecule has 1 aliphatic heterocycles. The minimum absolute atomic E-state index is 0.0734. The zero-order valence-electron chi connectivity index (χ0n) is 14.4. The van der Waals surface area contributed by atoms with E-state index in [0.29, 0.717) is 5.01 Å². The largest absolute Gasteiger partial charge is 0.386 e. The summed E-state index contributed by atoms with van der Waals surface area (Å²) in [5.41, 5.74) is 8.84. The number of hydrogen-bond donors (Lipinski definition) is 1. The maximum absolute atomic E-state index is 12.6. The molecule has 0 saturated heterocycles. The highest BCUT2D eigenvalue weighted by atomic mass is 32.2. The van der Waals surface area contributed by atoms with Crippen LogP contribution in [-0.2, 0) is 9.84 Å². The smallest absolute Gasteiger partial charge is 0.165 e. The van der Waals surface area contributed by atoms with E-state index in [4.69, 9.17) is 5.73 Å². The van der Waals surface area contributed by atoms with E-state index in [0.717, 1.165) is 21.3 Å². The molecular weight excluding hydrogens is 368 g/mol. The highest BCUT2D eigenvalue weighted by Gasteiger charge is 2.44. The lowest BCUT2D eigenvalue weighted by atomic mass is 10.1. The van der Waals surface area contributed by atoms with Gasteiger partial charge in [0.25, 0.3) is 0 Å². The van der Waals surface area contributed by atoms with Gasteiger partial charge in [-0.25, -0.2) is 13.4 Å². The monoisotopic (exact) mass is 386 g/mol. The number of hydrogen-bond acceptors (Lipinski definition) is 7. The second-order valence-electron chi connectivity index (χ2n) is 6.80. The Hall–Kier alpha value is -2.32. The van der Waals surface area contributed by atoms with Gasteiger partial charge in [0.1, 0.15) is 21.6 Å². The van der Waals surface area contributed by atoms with Gasteiger partial charge in [-0.2, -0.15) is 0 Å². The number of nitrogens with two attached hydrogens (primary N) is 1. The SMILES string of the molecule is CC1(C)C(N)=NC(c2nc3ccc(-c4cccnc4)cc3s2)CS1(=O)=O. The van der Waals surface area contributed by atoms with Gasteiger partial charge in [-0.3, -0.25) is 9.98 Å². The number of thiazole rings is 1. The van der Waals surface area contributed by atoms with Gasteiger partial charge in [0.15, 0.2) is 9.84 Å². The highest BCUT2D eigenvalue weighted by Crippen LogP contribution is 2.36. The molecule has 0 aliphatic carbocycles. The van der Waals surface area contributed by atoms with Crippen molar-refractivity contribution in [1.82, 2.24) is 9.97 Å². The van der Waals surface area contributed by atoms with Crippen LogP contribution in [0.25, 0.3) is 21.3 Å². The number of rotatable bonds is 2. The fourth-order valence-electron chi connectivity index (χ4n) is 2.86. The summed E-state index contributed by atoms with van der Waals surface area (Å²) in [6.07, 6.45) is 3.55. The molecule has 0 bridgehead atoms. The summed E-state index contributed by atoms with van der Waals surface area (Å²) in [6.45, 7) is 3.19. The summed E-state index contributed by atoms with van der Waals surface area (Å²) in [6, 6.07) is 9.31. The van der Waals surface area contributed by atoms with Crippen molar-refractivity contribution in [1.29, 1.82) is 0 Å². The zero-order valence-corrected chi connectivity index (χ0v) is 16.0. The molecule has 3 heterocycles. The van der Waals surface area contributed by atoms with E-state index in [9.17, 15) is 8.42 Å². The molecule has 0 saturated carbocycles. The van der Waals surface area contributed by atoms with Crippen molar-refractivity contribution < 1.29 is 8.42 Å². The van der Waals surface area contributed by atoms with Crippen LogP contribution in [0, 0.1) is 0 Å². The Kier molecular flexibility index (Phi) is 3.85. The van der Waals surface area contributed by atoms with E-state index >= 15 is 0 Å². The van der Waals surface area contributed by atoms with Crippen molar-refractivity contribution in [3.63, 3.8) is 0 Å². The van der Waals surface area contributed by atoms with Crippen molar-refractivity contribution in [3.8, 4) is 11.1 Å². The lowest BCUT2D eigenvalue weighted by Crippen LogP contribution is -2.50. The summed E-state index contributed by atoms with van der Waals surface area (Å²) in [4.78, 5) is 13.2. The van der Waals surface area contributed by atoms with Crippen molar-refractivity contribution >= 4 is 37.2 Å². The number of aliphatic imine (C=N–C) groups is 1. The van der Waals surface area contributed by atoms with Gasteiger partial charge in [0, 0.05) is 18.0 Å². The van der Waals surface area contributed by atoms with E-state index in [1.807, 2.05) is 36.5 Å². The Balaban J connectivity index is 1.76. The van der Waals surface area contributed by atoms with E-state index < -0.39 is 20.6 Å². The van der Waals surface area contributed by atoms with Crippen molar-refractivity contribution in [2.24, 2.45) is 10.7 Å². The number of fused-ring (bicyclic) bond motifs is 1. The van der Waals surface area contributed by atoms with Crippen molar-refractivity contribution in [3.05, 3.63) is 47.7 Å². The Labute approximate surface area is 155 Å². The van der Waals surface area contributed by atoms with Gasteiger partial charge in [0.05, 0.1) is 16.0 Å². The summed E-state index contributed by atoms with van der Waals surface area (Å²) in [5, 5.41) is 0.672. The minimum Gasteiger partial charge on any atom is -0.386 e. The Morgan fingerprint density at radius 3 is 2.73 bits per heavy atom. The van der Waals surface area contributed by atoms with E-state index in [1.54, 1.807) is 20.0 Å². The maximum atomic E-state index is 12.6. The molecule has 0 amide bonds. The minimum atomic E-state index is -3.39. The van der Waals surface area contributed by atoms with Crippen LogP contribution >= 0.6 is 11.3 Å². The summed E-state index contributed by atoms with van der Waals surface area (Å²) < 4.78 is 25.0. The topological polar surface area (TPSA) is 98.3 Å². The molecule has 26 heavy (non-hydrogen) atoms. The molecule has 4 rings (SSSR count). The first-order valence-corrected chi connectivity index (χ1v) is 10.6. The molecule has 134 valence electrons. The number of nitrogens with zero attached hydrogens (tertiary/aromatic N) is 3. The highest BCUT2D eigenvalue weighted by molar-refractivity contribution is 7.93. The number of aromatic nitrogens is 2. The second-order valence-corrected chi connectivity index (χ2v) is 10.4. The van der Waals surface area contributed by atoms with Gasteiger partial charge >= 0.3 is 0 Å². The summed E-state index contributed by atoms with van der Waals surface area (Å²) >= 11 is 1.46. The average molecular weight is 387 g/mol. The number of amidine groups is 1. The van der Waals surface area contributed by atoms with Gasteiger partial charge < -0.3 is 5.73 Å². The van der Waals surface area contributed by atoms with E-state index in [-0.39, 0.29) is 11.6 Å². The Morgan fingerprint density at radius 1 is 1.23 bits per heavy atom. The predicted molar refractivity (Wildman–Crippen MR) is 105 cm³/mol. The number of sulfone groups is 1. The molecule has 1 aromatic carbocycles. The maximum Gasteiger partial charge on any atom is 0.165 e. The molecular formula is C18H18N4O2S2. The number of pyridine rings is 1. The van der Waals surface area contributed by atoms with Gasteiger partial charge in [-0.1, -0.05) is 12.1 Å². The molecule has 2 N–H and O–H groups in total. The third-order valence-corrected chi connectivity index (χ3v) is 8.39. The second kappa shape index (κ2) is 5.85. The normalized spacial score (nSPS) is 21.5. The van der Waals surface area contributed by atoms with Crippen LogP contribution < -0.4 is 5.73 Å². The molecule has 1 unspecified atom stereocenters. The zero-order chi connectivity index (χ0) is 18.5. The molecule has 3 aromatic rings. The van der Waals surface area contributed by atoms with Crippen LogP contribution in [0.1, 0.15) is 24.9 Å². The average Bonchev–Trinajstić information content (AvgIpc) is 3.03. The summed E-state index contributed by atoms with van der Waals surface area (Å²) in [5.74, 6) is 0.0692. The quantitative estimate of drug-likeness (QED) is 0.730. The molecule has 6 nitrogen and oxygen atoms in total. The first-order valence-electron chi connectivity index (χ1n) is 8.15. The van der Waals surface area contributed by atoms with Crippen LogP contribution in [0.3, 0.4) is 0 Å². The van der Waals surface area contributed by atoms with Gasteiger partial charge in [-0.15, -0.1) is 11.3 Å². The number of benzene rings is 1. The molecule has 1 aliphatic rings. The molecule has 1 atom stereocenters. The van der Waals surface area contributed by atoms with Crippen LogP contribution in [-0.4, -0.2) is 34.7 Å². The van der Waals surface area contributed by atoms with Crippen LogP contribution in [0.4, 0.5) is 0 Å². The van der Waals surface area contributed by atoms with Crippen LogP contribution in [0.5, 0.6) is 0 Å². The predicted octanol–water partition coefficient (Wildman–Crippen LogP) is 2.96. The fourth-order valence-corrected chi connectivity index (χ4v) is 5.45. The molecule has 0 fully saturated rings. The standard InChI is InChI=1S/C18H18N4O2S2/c1-18(2)17(19)22-14(10-26(18,23)24)16-21-13-6-5-11(8-15(13)25-16)12-4-3-7-20-9-12/h3-9,14H,10H2,1-2H3,(H2,19,22). The lowest BCUT2D eigenvalue weighted by Gasteiger charge is -2.30. The molecule has 8 heteroatoms. The summed E-state index contributed by atoms with van der Waals surface area (Å²) in [7, 11) is -3.39. The first kappa shape index (κ1) is 17.1.